The molecule has 2 aromatic rings. The predicted molar refractivity (Wildman–Crippen MR) is 97.9 cm³/mol. The van der Waals surface area contributed by atoms with Gasteiger partial charge in [-0.3, -0.25) is 0 Å². The van der Waals surface area contributed by atoms with Gasteiger partial charge in [0.1, 0.15) is 0 Å². The van der Waals surface area contributed by atoms with Crippen LogP contribution in [-0.4, -0.2) is 0 Å². The summed E-state index contributed by atoms with van der Waals surface area (Å²) >= 11 is -4.97. The second-order valence-electron chi connectivity index (χ2n) is 6.86. The summed E-state index contributed by atoms with van der Waals surface area (Å²) in [5.41, 5.74) is 0. The molecule has 0 unspecified atom stereocenters. The van der Waals surface area contributed by atoms with Crippen LogP contribution in [0.5, 0.6) is 11.5 Å². The molecule has 0 N–H and O–H groups in total. The van der Waals surface area contributed by atoms with Crippen molar-refractivity contribution in [2.45, 2.75) is 7.25 Å². The third-order valence-electron chi connectivity index (χ3n) is 4.96. The summed E-state index contributed by atoms with van der Waals surface area (Å²) in [6.45, 7) is 0. The van der Waals surface area contributed by atoms with Gasteiger partial charge in [0.2, 0.25) is 0 Å². The molecule has 0 heterocycles. The van der Waals surface area contributed by atoms with Crippen molar-refractivity contribution >= 4 is 0 Å². The van der Waals surface area contributed by atoms with E-state index in [1.165, 1.54) is 0 Å². The Bertz CT molecular complexity index is 1030. The van der Waals surface area contributed by atoms with Crippen molar-refractivity contribution in [3.8, 4) is 11.5 Å². The van der Waals surface area contributed by atoms with Crippen LogP contribution in [0.25, 0.3) is 0 Å². The quantitative estimate of drug-likeness (QED) is 0.312. The number of allylic oxidation sites excluding steroid dienone is 8. The zero-order valence-electron chi connectivity index (χ0n) is 15.7. The molecule has 2 aliphatic rings. The maximum atomic E-state index is 14.5. The van der Waals surface area contributed by atoms with Crippen molar-refractivity contribution < 1.29 is 53.1 Å². The zero-order chi connectivity index (χ0) is 22.2. The molecule has 0 atom stereocenters. The molecular formula is C22H14F6O2Zr. The number of rotatable bonds is 6. The van der Waals surface area contributed by atoms with Crippen molar-refractivity contribution in [3.05, 3.63) is 108 Å². The molecule has 160 valence electrons. The molecule has 0 amide bonds. The molecule has 0 saturated heterocycles. The zero-order valence-corrected chi connectivity index (χ0v) is 18.1. The van der Waals surface area contributed by atoms with Gasteiger partial charge in [0.25, 0.3) is 0 Å². The van der Waals surface area contributed by atoms with Crippen molar-refractivity contribution in [2.24, 2.45) is 0 Å². The Balaban J connectivity index is 1.87. The van der Waals surface area contributed by atoms with E-state index in [1.54, 1.807) is 48.6 Å². The van der Waals surface area contributed by atoms with Gasteiger partial charge < -0.3 is 0 Å². The summed E-state index contributed by atoms with van der Waals surface area (Å²) in [4.78, 5) is 0. The summed E-state index contributed by atoms with van der Waals surface area (Å²) in [6, 6.07) is 3.22. The Labute approximate surface area is 179 Å². The van der Waals surface area contributed by atoms with E-state index in [0.29, 0.717) is 12.1 Å². The Morgan fingerprint density at radius 2 is 0.871 bits per heavy atom. The van der Waals surface area contributed by atoms with Crippen LogP contribution in [0.15, 0.2) is 72.9 Å². The predicted octanol–water partition coefficient (Wildman–Crippen LogP) is 6.79. The number of benzene rings is 2. The Hall–Kier alpha value is -2.54. The number of hydrogen-bond acceptors (Lipinski definition) is 2. The van der Waals surface area contributed by atoms with Crippen LogP contribution in [0.1, 0.15) is 0 Å². The summed E-state index contributed by atoms with van der Waals surface area (Å²) in [5.74, 6) is -10.6. The molecule has 31 heavy (non-hydrogen) atoms. The molecule has 0 saturated carbocycles. The van der Waals surface area contributed by atoms with E-state index in [9.17, 15) is 26.3 Å². The molecule has 0 aliphatic heterocycles. The van der Waals surface area contributed by atoms with Gasteiger partial charge in [0.05, 0.1) is 0 Å². The first kappa shape index (κ1) is 21.7. The van der Waals surface area contributed by atoms with Crippen LogP contribution >= 0.6 is 0 Å². The van der Waals surface area contributed by atoms with Gasteiger partial charge in [0.15, 0.2) is 0 Å². The van der Waals surface area contributed by atoms with Gasteiger partial charge >= 0.3 is 180 Å². The first-order valence-electron chi connectivity index (χ1n) is 9.18. The van der Waals surface area contributed by atoms with Gasteiger partial charge in [-0.15, -0.1) is 0 Å². The molecule has 0 aromatic heterocycles. The van der Waals surface area contributed by atoms with Gasteiger partial charge in [-0.1, -0.05) is 0 Å². The number of hydrogen-bond donors (Lipinski definition) is 0. The topological polar surface area (TPSA) is 18.5 Å². The van der Waals surface area contributed by atoms with E-state index in [-0.39, 0.29) is 0 Å². The molecule has 0 fully saturated rings. The van der Waals surface area contributed by atoms with Crippen LogP contribution in [-0.2, 0) is 21.1 Å². The molecule has 2 nitrogen and oxygen atoms in total. The molecule has 0 spiro atoms. The molecule has 2 aromatic carbocycles. The Kier molecular flexibility index (Phi) is 5.97. The van der Waals surface area contributed by atoms with Crippen molar-refractivity contribution in [2.75, 3.05) is 0 Å². The standard InChI is InChI=1S/2C6H3F3O.2C5H5.Zr/c2*7-3-1-2-4(10)6(9)5(3)8;2*1-2-4-5-3-1;/h2*1-2,10H;2*1-5H;/q;;;;+2/p-2. The fourth-order valence-corrected chi connectivity index (χ4v) is 12.2. The fraction of sp³-hybridized carbons (Fsp3) is 0.0909. The van der Waals surface area contributed by atoms with E-state index in [2.05, 4.69) is 0 Å². The van der Waals surface area contributed by atoms with Crippen molar-refractivity contribution in [1.82, 2.24) is 0 Å². The Morgan fingerprint density at radius 1 is 0.516 bits per heavy atom. The van der Waals surface area contributed by atoms with Crippen LogP contribution in [0, 0.1) is 34.9 Å². The minimum absolute atomic E-state index is 0.577. The van der Waals surface area contributed by atoms with Crippen molar-refractivity contribution in [3.63, 3.8) is 0 Å². The Morgan fingerprint density at radius 3 is 1.23 bits per heavy atom. The fourth-order valence-electron chi connectivity index (χ4n) is 3.43. The average Bonchev–Trinajstić information content (AvgIpc) is 3.48. The van der Waals surface area contributed by atoms with E-state index < -0.39 is 74.8 Å². The van der Waals surface area contributed by atoms with Gasteiger partial charge in [-0.2, -0.15) is 0 Å². The summed E-state index contributed by atoms with van der Waals surface area (Å²) in [7, 11) is 0. The van der Waals surface area contributed by atoms with Crippen molar-refractivity contribution in [1.29, 1.82) is 0 Å². The van der Waals surface area contributed by atoms with Gasteiger partial charge in [-0.05, 0) is 0 Å². The van der Waals surface area contributed by atoms with Crippen LogP contribution in [0.2, 0.25) is 7.25 Å². The van der Waals surface area contributed by atoms with E-state index in [4.69, 9.17) is 5.63 Å². The van der Waals surface area contributed by atoms with Gasteiger partial charge in [0, 0.05) is 0 Å². The van der Waals surface area contributed by atoms with E-state index in [0.717, 1.165) is 12.1 Å². The van der Waals surface area contributed by atoms with Crippen LogP contribution in [0.4, 0.5) is 26.3 Å². The third-order valence-corrected chi connectivity index (χ3v) is 14.1. The second-order valence-corrected chi connectivity index (χ2v) is 14.7. The first-order valence-corrected chi connectivity index (χ1v) is 14.0. The summed E-state index contributed by atoms with van der Waals surface area (Å²) < 4.78 is 94.3. The molecular weight excluding hydrogens is 501 g/mol. The SMILES string of the molecule is Fc1ccc([O][Zr]([O]c2ccc(F)c(F)c2F)([CH]2C=CC=C2)[CH]2C=CC=C2)c(F)c1F. The van der Waals surface area contributed by atoms with E-state index >= 15 is 0 Å². The molecule has 2 aliphatic carbocycles. The molecule has 0 radical (unpaired) electrons. The normalized spacial score (nSPS) is 15.9. The van der Waals surface area contributed by atoms with Gasteiger partial charge in [-0.25, -0.2) is 0 Å². The van der Waals surface area contributed by atoms with Crippen LogP contribution < -0.4 is 5.63 Å². The maximum absolute atomic E-state index is 14.5. The summed E-state index contributed by atoms with van der Waals surface area (Å²) in [6.07, 6.45) is 13.4. The first-order chi connectivity index (χ1) is 14.8. The molecule has 9 heteroatoms. The minimum atomic E-state index is -4.97. The third kappa shape index (κ3) is 3.91. The van der Waals surface area contributed by atoms with Crippen LogP contribution in [0.3, 0.4) is 0 Å². The van der Waals surface area contributed by atoms with E-state index in [1.807, 2.05) is 0 Å². The molecule has 0 bridgehead atoms. The second kappa shape index (κ2) is 8.54. The number of halogens is 6. The average molecular weight is 516 g/mol. The summed E-state index contributed by atoms with van der Waals surface area (Å²) in [5, 5.41) is 0. The monoisotopic (exact) mass is 514 g/mol. The molecule has 4 rings (SSSR count).